The first kappa shape index (κ1) is 18.8. The Balaban J connectivity index is 1.74. The van der Waals surface area contributed by atoms with Gasteiger partial charge in [-0.2, -0.15) is 0 Å². The summed E-state index contributed by atoms with van der Waals surface area (Å²) in [5.41, 5.74) is 2.28. The van der Waals surface area contributed by atoms with Gasteiger partial charge in [0.25, 0.3) is 0 Å². The molecule has 0 aliphatic carbocycles. The Morgan fingerprint density at radius 2 is 1.76 bits per heavy atom. The molecule has 0 atom stereocenters. The zero-order valence-corrected chi connectivity index (χ0v) is 15.5. The highest BCUT2D eigenvalue weighted by Gasteiger charge is 2.13. The van der Waals surface area contributed by atoms with Gasteiger partial charge in [-0.3, -0.25) is 4.79 Å². The van der Waals surface area contributed by atoms with Crippen LogP contribution >= 0.6 is 0 Å². The number of hydrogen-bond donors (Lipinski definition) is 1. The topological polar surface area (TPSA) is 47.6 Å². The molecule has 25 heavy (non-hydrogen) atoms. The minimum absolute atomic E-state index is 0.0165. The largest absolute Gasteiger partial charge is 0.497 e. The summed E-state index contributed by atoms with van der Waals surface area (Å²) < 4.78 is 10.8. The second-order valence-electron chi connectivity index (χ2n) is 7.00. The van der Waals surface area contributed by atoms with Crippen LogP contribution in [-0.4, -0.2) is 26.2 Å². The van der Waals surface area contributed by atoms with Crippen molar-refractivity contribution in [3.05, 3.63) is 59.7 Å². The smallest absolute Gasteiger partial charge is 0.224 e. The first-order chi connectivity index (χ1) is 11.9. The van der Waals surface area contributed by atoms with Crippen molar-refractivity contribution in [1.29, 1.82) is 0 Å². The number of carbonyl (C=O) groups excluding carboxylic acids is 1. The summed E-state index contributed by atoms with van der Waals surface area (Å²) in [5.74, 6) is 1.60. The van der Waals surface area contributed by atoms with Crippen molar-refractivity contribution < 1.29 is 14.3 Å². The Kier molecular flexibility index (Phi) is 6.45. The minimum atomic E-state index is -0.0165. The molecule has 0 bridgehead atoms. The number of rotatable bonds is 7. The van der Waals surface area contributed by atoms with Crippen LogP contribution in [0.25, 0.3) is 0 Å². The lowest BCUT2D eigenvalue weighted by molar-refractivity contribution is -0.120. The summed E-state index contributed by atoms with van der Waals surface area (Å²) in [4.78, 5) is 12.0. The Bertz CT molecular complexity index is 687. The van der Waals surface area contributed by atoms with E-state index in [1.54, 1.807) is 7.11 Å². The average Bonchev–Trinajstić information content (AvgIpc) is 2.59. The van der Waals surface area contributed by atoms with Gasteiger partial charge in [0, 0.05) is 0 Å². The molecule has 1 amide bonds. The van der Waals surface area contributed by atoms with Crippen LogP contribution in [-0.2, 0) is 16.6 Å². The Morgan fingerprint density at radius 3 is 2.40 bits per heavy atom. The molecule has 0 heterocycles. The van der Waals surface area contributed by atoms with E-state index in [0.717, 1.165) is 17.1 Å². The highest BCUT2D eigenvalue weighted by molar-refractivity contribution is 5.78. The van der Waals surface area contributed by atoms with Gasteiger partial charge in [-0.05, 0) is 40.8 Å². The molecule has 0 aromatic heterocycles. The molecule has 0 saturated carbocycles. The zero-order valence-electron chi connectivity index (χ0n) is 15.5. The fourth-order valence-electron chi connectivity index (χ4n) is 2.40. The molecule has 2 aromatic rings. The highest BCUT2D eigenvalue weighted by atomic mass is 16.5. The van der Waals surface area contributed by atoms with Crippen LogP contribution in [0.5, 0.6) is 11.5 Å². The number of nitrogens with one attached hydrogen (secondary N) is 1. The minimum Gasteiger partial charge on any atom is -0.497 e. The molecule has 4 heteroatoms. The Hall–Kier alpha value is -2.49. The van der Waals surface area contributed by atoms with Crippen molar-refractivity contribution in [3.8, 4) is 11.5 Å². The van der Waals surface area contributed by atoms with Crippen LogP contribution < -0.4 is 14.8 Å². The maximum atomic E-state index is 12.0. The van der Waals surface area contributed by atoms with Crippen molar-refractivity contribution in [2.75, 3.05) is 20.3 Å². The van der Waals surface area contributed by atoms with Crippen LogP contribution in [0.4, 0.5) is 0 Å². The molecule has 134 valence electrons. The Labute approximate surface area is 150 Å². The molecule has 0 spiro atoms. The van der Waals surface area contributed by atoms with Gasteiger partial charge in [-0.15, -0.1) is 0 Å². The van der Waals surface area contributed by atoms with Crippen molar-refractivity contribution in [2.45, 2.75) is 32.6 Å². The number of benzene rings is 2. The van der Waals surface area contributed by atoms with E-state index < -0.39 is 0 Å². The summed E-state index contributed by atoms with van der Waals surface area (Å²) in [5, 5.41) is 2.88. The Morgan fingerprint density at radius 1 is 1.04 bits per heavy atom. The van der Waals surface area contributed by atoms with Gasteiger partial charge in [-0.1, -0.05) is 45.0 Å². The lowest BCUT2D eigenvalue weighted by Crippen LogP contribution is -2.29. The van der Waals surface area contributed by atoms with Gasteiger partial charge in [0.15, 0.2) is 0 Å². The van der Waals surface area contributed by atoms with Gasteiger partial charge in [0.2, 0.25) is 5.91 Å². The van der Waals surface area contributed by atoms with E-state index in [4.69, 9.17) is 9.47 Å². The summed E-state index contributed by atoms with van der Waals surface area (Å²) >= 11 is 0. The number of amides is 1. The molecular weight excluding hydrogens is 314 g/mol. The zero-order chi connectivity index (χ0) is 18.3. The summed E-state index contributed by atoms with van der Waals surface area (Å²) in [6.07, 6.45) is 0.351. The molecule has 0 aliphatic heterocycles. The second kappa shape index (κ2) is 8.56. The van der Waals surface area contributed by atoms with E-state index in [0.29, 0.717) is 19.6 Å². The monoisotopic (exact) mass is 341 g/mol. The molecule has 0 saturated heterocycles. The number of hydrogen-bond acceptors (Lipinski definition) is 3. The van der Waals surface area contributed by atoms with Crippen molar-refractivity contribution >= 4 is 5.91 Å². The van der Waals surface area contributed by atoms with Crippen molar-refractivity contribution in [3.63, 3.8) is 0 Å². The molecule has 0 radical (unpaired) electrons. The molecule has 2 aromatic carbocycles. The molecule has 4 nitrogen and oxygen atoms in total. The van der Waals surface area contributed by atoms with Crippen LogP contribution in [0.15, 0.2) is 48.5 Å². The normalized spacial score (nSPS) is 11.0. The molecular formula is C21H27NO3. The van der Waals surface area contributed by atoms with E-state index in [2.05, 4.69) is 38.2 Å². The number of ether oxygens (including phenoxy) is 2. The highest BCUT2D eigenvalue weighted by Crippen LogP contribution is 2.25. The quantitative estimate of drug-likeness (QED) is 0.781. The predicted molar refractivity (Wildman–Crippen MR) is 100 cm³/mol. The van der Waals surface area contributed by atoms with Gasteiger partial charge >= 0.3 is 0 Å². The second-order valence-corrected chi connectivity index (χ2v) is 7.00. The number of carbonyl (C=O) groups is 1. The van der Waals surface area contributed by atoms with Crippen LogP contribution in [0.3, 0.4) is 0 Å². The van der Waals surface area contributed by atoms with Crippen LogP contribution in [0, 0.1) is 0 Å². The van der Waals surface area contributed by atoms with Crippen molar-refractivity contribution in [1.82, 2.24) is 5.32 Å². The van der Waals surface area contributed by atoms with Crippen LogP contribution in [0.2, 0.25) is 0 Å². The van der Waals surface area contributed by atoms with Gasteiger partial charge in [0.05, 0.1) is 20.1 Å². The molecule has 0 aliphatic rings. The molecule has 0 unspecified atom stereocenters. The summed E-state index contributed by atoms with van der Waals surface area (Å²) in [6.45, 7) is 7.44. The fourth-order valence-corrected chi connectivity index (χ4v) is 2.40. The molecule has 1 N–H and O–H groups in total. The van der Waals surface area contributed by atoms with Gasteiger partial charge in [0.1, 0.15) is 18.1 Å². The third-order valence-electron chi connectivity index (χ3n) is 3.92. The van der Waals surface area contributed by atoms with E-state index in [1.165, 1.54) is 5.56 Å². The van der Waals surface area contributed by atoms with Gasteiger partial charge in [-0.25, -0.2) is 0 Å². The standard InChI is InChI=1S/C21H27NO3/c1-21(2,3)17-6-5-7-19(15-17)25-13-12-22-20(23)14-16-8-10-18(24-4)11-9-16/h5-11,15H,12-14H2,1-4H3,(H,22,23). The first-order valence-electron chi connectivity index (χ1n) is 8.51. The van der Waals surface area contributed by atoms with E-state index in [1.807, 2.05) is 36.4 Å². The predicted octanol–water partition coefficient (Wildman–Crippen LogP) is 3.73. The lowest BCUT2D eigenvalue weighted by atomic mass is 9.87. The summed E-state index contributed by atoms with van der Waals surface area (Å²) in [7, 11) is 1.62. The lowest BCUT2D eigenvalue weighted by Gasteiger charge is -2.19. The fraction of sp³-hybridized carbons (Fsp3) is 0.381. The van der Waals surface area contributed by atoms with E-state index in [-0.39, 0.29) is 11.3 Å². The van der Waals surface area contributed by atoms with E-state index >= 15 is 0 Å². The third-order valence-corrected chi connectivity index (χ3v) is 3.92. The summed E-state index contributed by atoms with van der Waals surface area (Å²) in [6, 6.07) is 15.6. The number of methoxy groups -OCH3 is 1. The SMILES string of the molecule is COc1ccc(CC(=O)NCCOc2cccc(C(C)(C)C)c2)cc1. The van der Waals surface area contributed by atoms with E-state index in [9.17, 15) is 4.79 Å². The van der Waals surface area contributed by atoms with Crippen molar-refractivity contribution in [2.24, 2.45) is 0 Å². The third kappa shape index (κ3) is 6.14. The first-order valence-corrected chi connectivity index (χ1v) is 8.51. The van der Waals surface area contributed by atoms with Crippen LogP contribution in [0.1, 0.15) is 31.9 Å². The maximum absolute atomic E-state index is 12.0. The average molecular weight is 341 g/mol. The molecule has 2 rings (SSSR count). The van der Waals surface area contributed by atoms with Gasteiger partial charge < -0.3 is 14.8 Å². The molecule has 0 fully saturated rings. The maximum Gasteiger partial charge on any atom is 0.224 e.